The van der Waals surface area contributed by atoms with Crippen LogP contribution in [0.25, 0.3) is 10.9 Å². The number of methoxy groups -OCH3 is 1. The predicted octanol–water partition coefficient (Wildman–Crippen LogP) is 1.50. The Morgan fingerprint density at radius 3 is 2.66 bits per heavy atom. The molecular weight excluding hydrogens is 476 g/mol. The second-order valence-electron chi connectivity index (χ2n) is 7.89. The first-order valence-corrected chi connectivity index (χ1v) is 11.3. The summed E-state index contributed by atoms with van der Waals surface area (Å²) in [5.74, 6) is -0.228. The van der Waals surface area contributed by atoms with Crippen LogP contribution in [0.2, 0.25) is 5.15 Å². The van der Waals surface area contributed by atoms with Gasteiger partial charge in [-0.2, -0.15) is 4.98 Å². The SMILES string of the molecule is COc1cc2ncnc(Nc3nc(Cl)cc(N4CCOCC4)n3)c2cc1C(CCC(N)=O)C(N)=O. The summed E-state index contributed by atoms with van der Waals surface area (Å²) >= 11 is 6.27. The predicted molar refractivity (Wildman–Crippen MR) is 130 cm³/mol. The lowest BCUT2D eigenvalue weighted by Crippen LogP contribution is -2.36. The molecule has 2 amide bonds. The van der Waals surface area contributed by atoms with Gasteiger partial charge in [-0.1, -0.05) is 11.6 Å². The Hall–Kier alpha value is -3.77. The molecule has 2 aromatic heterocycles. The normalized spacial score (nSPS) is 14.5. The molecule has 1 aliphatic heterocycles. The largest absolute Gasteiger partial charge is 0.496 e. The third-order valence-electron chi connectivity index (χ3n) is 5.63. The Bertz CT molecular complexity index is 1250. The number of morpholine rings is 1. The fourth-order valence-electron chi connectivity index (χ4n) is 3.91. The molecule has 5 N–H and O–H groups in total. The molecule has 1 saturated heterocycles. The van der Waals surface area contributed by atoms with E-state index in [4.69, 9.17) is 32.5 Å². The molecule has 13 heteroatoms. The standard InChI is InChI=1S/C22H25ClN8O4/c1-34-16-9-15-14(8-13(16)12(20(25)33)2-3-18(24)32)21(27-11-26-15)30-22-28-17(23)10-19(29-22)31-4-6-35-7-5-31/h8-12H,2-7H2,1H3,(H2,24,32)(H2,25,33)(H,26,27,28,29,30). The van der Waals surface area contributed by atoms with Gasteiger partial charge in [-0.25, -0.2) is 15.0 Å². The van der Waals surface area contributed by atoms with E-state index >= 15 is 0 Å². The number of rotatable bonds is 9. The van der Waals surface area contributed by atoms with E-state index in [9.17, 15) is 9.59 Å². The molecule has 1 atom stereocenters. The highest BCUT2D eigenvalue weighted by Crippen LogP contribution is 2.35. The number of primary amides is 2. The minimum atomic E-state index is -0.801. The Morgan fingerprint density at radius 1 is 1.20 bits per heavy atom. The second-order valence-corrected chi connectivity index (χ2v) is 8.28. The number of hydrogen-bond acceptors (Lipinski definition) is 10. The van der Waals surface area contributed by atoms with Gasteiger partial charge in [0, 0.05) is 42.6 Å². The summed E-state index contributed by atoms with van der Waals surface area (Å²) < 4.78 is 10.9. The molecule has 0 aliphatic carbocycles. The molecule has 3 aromatic rings. The second kappa shape index (κ2) is 10.7. The molecule has 0 radical (unpaired) electrons. The molecule has 12 nitrogen and oxygen atoms in total. The molecule has 1 aliphatic rings. The molecule has 0 saturated carbocycles. The molecule has 3 heterocycles. The van der Waals surface area contributed by atoms with Gasteiger partial charge in [0.25, 0.3) is 0 Å². The Kier molecular flexibility index (Phi) is 7.42. The number of fused-ring (bicyclic) bond motifs is 1. The van der Waals surface area contributed by atoms with E-state index in [2.05, 4.69) is 30.2 Å². The summed E-state index contributed by atoms with van der Waals surface area (Å²) in [6.07, 6.45) is 1.52. The first kappa shape index (κ1) is 24.4. The van der Waals surface area contributed by atoms with Gasteiger partial charge in [-0.05, 0) is 12.5 Å². The summed E-state index contributed by atoms with van der Waals surface area (Å²) in [4.78, 5) is 43.1. The molecule has 1 fully saturated rings. The van der Waals surface area contributed by atoms with E-state index in [0.717, 1.165) is 0 Å². The van der Waals surface area contributed by atoms with E-state index in [1.807, 2.05) is 0 Å². The maximum atomic E-state index is 12.2. The number of carbonyl (C=O) groups excluding carboxylic acids is 2. The van der Waals surface area contributed by atoms with Crippen molar-refractivity contribution < 1.29 is 19.1 Å². The van der Waals surface area contributed by atoms with Crippen molar-refractivity contribution in [1.82, 2.24) is 19.9 Å². The average Bonchev–Trinajstić information content (AvgIpc) is 2.84. The molecule has 0 bridgehead atoms. The van der Waals surface area contributed by atoms with Crippen LogP contribution < -0.4 is 26.4 Å². The number of nitrogens with two attached hydrogens (primary N) is 2. The highest BCUT2D eigenvalue weighted by Gasteiger charge is 2.24. The molecule has 184 valence electrons. The Balaban J connectivity index is 1.73. The number of nitrogens with zero attached hydrogens (tertiary/aromatic N) is 5. The third kappa shape index (κ3) is 5.66. The van der Waals surface area contributed by atoms with Crippen molar-refractivity contribution >= 4 is 51.9 Å². The van der Waals surface area contributed by atoms with Gasteiger partial charge in [-0.3, -0.25) is 9.59 Å². The number of amides is 2. The van der Waals surface area contributed by atoms with Gasteiger partial charge >= 0.3 is 0 Å². The maximum absolute atomic E-state index is 12.2. The topological polar surface area (TPSA) is 171 Å². The quantitative estimate of drug-likeness (QED) is 0.365. The Morgan fingerprint density at radius 2 is 1.97 bits per heavy atom. The highest BCUT2D eigenvalue weighted by molar-refractivity contribution is 6.29. The summed E-state index contributed by atoms with van der Waals surface area (Å²) in [5.41, 5.74) is 12.0. The van der Waals surface area contributed by atoms with Crippen molar-refractivity contribution in [2.24, 2.45) is 11.5 Å². The van der Waals surface area contributed by atoms with Gasteiger partial charge in [0.1, 0.15) is 28.9 Å². The number of benzene rings is 1. The van der Waals surface area contributed by atoms with Crippen LogP contribution >= 0.6 is 11.6 Å². The first-order valence-electron chi connectivity index (χ1n) is 10.9. The molecule has 1 unspecified atom stereocenters. The number of halogens is 1. The van der Waals surface area contributed by atoms with Crippen molar-refractivity contribution in [2.75, 3.05) is 43.6 Å². The fraction of sp³-hybridized carbons (Fsp3) is 0.364. The number of ether oxygens (including phenoxy) is 2. The van der Waals surface area contributed by atoms with Crippen LogP contribution in [0.4, 0.5) is 17.6 Å². The lowest BCUT2D eigenvalue weighted by Gasteiger charge is -2.28. The van der Waals surface area contributed by atoms with Crippen molar-refractivity contribution in [3.63, 3.8) is 0 Å². The van der Waals surface area contributed by atoms with E-state index < -0.39 is 17.7 Å². The van der Waals surface area contributed by atoms with Crippen LogP contribution in [0.5, 0.6) is 5.75 Å². The van der Waals surface area contributed by atoms with Crippen molar-refractivity contribution in [3.05, 3.63) is 35.2 Å². The fourth-order valence-corrected chi connectivity index (χ4v) is 4.09. The number of hydrogen-bond donors (Lipinski definition) is 3. The zero-order valence-electron chi connectivity index (χ0n) is 19.0. The smallest absolute Gasteiger partial charge is 0.231 e. The third-order valence-corrected chi connectivity index (χ3v) is 5.83. The van der Waals surface area contributed by atoms with Crippen LogP contribution in [0.1, 0.15) is 24.3 Å². The number of aromatic nitrogens is 4. The van der Waals surface area contributed by atoms with Crippen LogP contribution in [0, 0.1) is 0 Å². The number of nitrogens with one attached hydrogen (secondary N) is 1. The zero-order chi connectivity index (χ0) is 24.9. The molecule has 0 spiro atoms. The average molecular weight is 501 g/mol. The Labute approximate surface area is 206 Å². The van der Waals surface area contributed by atoms with Gasteiger partial charge < -0.3 is 31.2 Å². The van der Waals surface area contributed by atoms with Gasteiger partial charge in [0.15, 0.2) is 0 Å². The molecule has 4 rings (SSSR count). The van der Waals surface area contributed by atoms with Gasteiger partial charge in [0.05, 0.1) is 31.8 Å². The monoisotopic (exact) mass is 500 g/mol. The van der Waals surface area contributed by atoms with Crippen molar-refractivity contribution in [1.29, 1.82) is 0 Å². The first-order chi connectivity index (χ1) is 16.9. The number of anilines is 3. The van der Waals surface area contributed by atoms with Crippen molar-refractivity contribution in [3.8, 4) is 5.75 Å². The van der Waals surface area contributed by atoms with E-state index in [1.165, 1.54) is 13.4 Å². The maximum Gasteiger partial charge on any atom is 0.231 e. The van der Waals surface area contributed by atoms with Crippen LogP contribution in [0.15, 0.2) is 24.5 Å². The van der Waals surface area contributed by atoms with Gasteiger partial charge in [-0.15, -0.1) is 0 Å². The van der Waals surface area contributed by atoms with E-state index in [1.54, 1.807) is 18.2 Å². The summed E-state index contributed by atoms with van der Waals surface area (Å²) in [5, 5.41) is 3.95. The minimum Gasteiger partial charge on any atom is -0.496 e. The van der Waals surface area contributed by atoms with E-state index in [-0.39, 0.29) is 23.9 Å². The summed E-state index contributed by atoms with van der Waals surface area (Å²) in [6, 6.07) is 5.07. The molecular formula is C22H25ClN8O4. The van der Waals surface area contributed by atoms with Crippen LogP contribution in [-0.4, -0.2) is 65.2 Å². The minimum absolute atomic E-state index is 0.00807. The van der Waals surface area contributed by atoms with Crippen molar-refractivity contribution in [2.45, 2.75) is 18.8 Å². The lowest BCUT2D eigenvalue weighted by molar-refractivity contribution is -0.120. The van der Waals surface area contributed by atoms with Crippen LogP contribution in [0.3, 0.4) is 0 Å². The molecule has 35 heavy (non-hydrogen) atoms. The highest BCUT2D eigenvalue weighted by atomic mass is 35.5. The van der Waals surface area contributed by atoms with Gasteiger partial charge in [0.2, 0.25) is 17.8 Å². The zero-order valence-corrected chi connectivity index (χ0v) is 19.8. The van der Waals surface area contributed by atoms with E-state index in [0.29, 0.717) is 60.2 Å². The lowest BCUT2D eigenvalue weighted by atomic mass is 9.91. The summed E-state index contributed by atoms with van der Waals surface area (Å²) in [7, 11) is 1.48. The van der Waals surface area contributed by atoms with Crippen LogP contribution in [-0.2, 0) is 14.3 Å². The summed E-state index contributed by atoms with van der Waals surface area (Å²) in [6.45, 7) is 2.57. The molecule has 1 aromatic carbocycles. The number of carbonyl (C=O) groups is 2.